The van der Waals surface area contributed by atoms with Crippen molar-refractivity contribution in [3.63, 3.8) is 0 Å². The predicted octanol–water partition coefficient (Wildman–Crippen LogP) is 0.918. The summed E-state index contributed by atoms with van der Waals surface area (Å²) in [6.07, 6.45) is 3.09. The summed E-state index contributed by atoms with van der Waals surface area (Å²) in [4.78, 5) is 0. The average molecular weight is 144 g/mol. The minimum Gasteiger partial charge on any atom is -0.393 e. The zero-order chi connectivity index (χ0) is 7.56. The first kappa shape index (κ1) is 8.02. The van der Waals surface area contributed by atoms with E-state index in [1.54, 1.807) is 0 Å². The monoisotopic (exact) mass is 144 g/mol. The van der Waals surface area contributed by atoms with Gasteiger partial charge in [0.2, 0.25) is 0 Å². The summed E-state index contributed by atoms with van der Waals surface area (Å²) in [5.74, 6) is 0.133. The standard InChI is InChI=1S/C8H16O2/c1-2-6-7(9)4-3-5-8(6)10/h6-10H,2-5H2,1H3/t6?,7-,8+. The van der Waals surface area contributed by atoms with Crippen molar-refractivity contribution in [1.82, 2.24) is 0 Å². The highest BCUT2D eigenvalue weighted by Crippen LogP contribution is 2.26. The van der Waals surface area contributed by atoms with E-state index in [4.69, 9.17) is 0 Å². The van der Waals surface area contributed by atoms with Crippen LogP contribution in [0.2, 0.25) is 0 Å². The first-order valence-electron chi connectivity index (χ1n) is 4.11. The van der Waals surface area contributed by atoms with E-state index in [0.717, 1.165) is 25.7 Å². The summed E-state index contributed by atoms with van der Waals surface area (Å²) in [5, 5.41) is 18.8. The lowest BCUT2D eigenvalue weighted by Gasteiger charge is -2.31. The molecule has 0 spiro atoms. The van der Waals surface area contributed by atoms with Crippen LogP contribution in [0.15, 0.2) is 0 Å². The van der Waals surface area contributed by atoms with Crippen molar-refractivity contribution in [2.45, 2.75) is 44.8 Å². The van der Waals surface area contributed by atoms with Crippen LogP contribution >= 0.6 is 0 Å². The smallest absolute Gasteiger partial charge is 0.0593 e. The summed E-state index contributed by atoms with van der Waals surface area (Å²) in [6.45, 7) is 2.02. The van der Waals surface area contributed by atoms with E-state index < -0.39 is 0 Å². The quantitative estimate of drug-likeness (QED) is 0.574. The number of rotatable bonds is 1. The van der Waals surface area contributed by atoms with Gasteiger partial charge in [-0.15, -0.1) is 0 Å². The van der Waals surface area contributed by atoms with Crippen LogP contribution < -0.4 is 0 Å². The van der Waals surface area contributed by atoms with Gasteiger partial charge in [-0.25, -0.2) is 0 Å². The van der Waals surface area contributed by atoms with Crippen LogP contribution in [0.4, 0.5) is 0 Å². The molecule has 0 heterocycles. The van der Waals surface area contributed by atoms with Crippen molar-refractivity contribution < 1.29 is 10.2 Å². The van der Waals surface area contributed by atoms with Crippen LogP contribution in [0, 0.1) is 5.92 Å². The largest absolute Gasteiger partial charge is 0.393 e. The van der Waals surface area contributed by atoms with Crippen molar-refractivity contribution in [3.8, 4) is 0 Å². The minimum absolute atomic E-state index is 0.133. The Labute approximate surface area is 61.9 Å². The van der Waals surface area contributed by atoms with Crippen LogP contribution in [-0.4, -0.2) is 22.4 Å². The Morgan fingerprint density at radius 3 is 2.00 bits per heavy atom. The lowest BCUT2D eigenvalue weighted by atomic mass is 9.82. The van der Waals surface area contributed by atoms with E-state index in [-0.39, 0.29) is 18.1 Å². The van der Waals surface area contributed by atoms with Crippen molar-refractivity contribution in [2.75, 3.05) is 0 Å². The Kier molecular flexibility index (Phi) is 2.69. The van der Waals surface area contributed by atoms with Crippen LogP contribution in [0.25, 0.3) is 0 Å². The highest BCUT2D eigenvalue weighted by molar-refractivity contribution is 4.80. The molecule has 1 unspecified atom stereocenters. The Hall–Kier alpha value is -0.0800. The lowest BCUT2D eigenvalue weighted by molar-refractivity contribution is -0.0246. The zero-order valence-electron chi connectivity index (χ0n) is 6.45. The van der Waals surface area contributed by atoms with Gasteiger partial charge in [0.05, 0.1) is 12.2 Å². The molecule has 2 nitrogen and oxygen atoms in total. The van der Waals surface area contributed by atoms with Crippen LogP contribution in [0.1, 0.15) is 32.6 Å². The van der Waals surface area contributed by atoms with Gasteiger partial charge in [-0.1, -0.05) is 6.92 Å². The molecule has 2 N–H and O–H groups in total. The molecule has 1 fully saturated rings. The molecule has 0 amide bonds. The fourth-order valence-corrected chi connectivity index (χ4v) is 1.76. The normalized spacial score (nSPS) is 41.7. The maximum atomic E-state index is 9.38. The van der Waals surface area contributed by atoms with Crippen molar-refractivity contribution in [3.05, 3.63) is 0 Å². The van der Waals surface area contributed by atoms with E-state index in [1.165, 1.54) is 0 Å². The van der Waals surface area contributed by atoms with Gasteiger partial charge in [0.15, 0.2) is 0 Å². The van der Waals surface area contributed by atoms with E-state index in [2.05, 4.69) is 0 Å². The second-order valence-corrected chi connectivity index (χ2v) is 3.14. The maximum absolute atomic E-state index is 9.38. The van der Waals surface area contributed by atoms with Crippen LogP contribution in [0.5, 0.6) is 0 Å². The van der Waals surface area contributed by atoms with E-state index in [9.17, 15) is 10.2 Å². The molecule has 60 valence electrons. The van der Waals surface area contributed by atoms with Crippen molar-refractivity contribution in [1.29, 1.82) is 0 Å². The van der Waals surface area contributed by atoms with Crippen LogP contribution in [-0.2, 0) is 0 Å². The lowest BCUT2D eigenvalue weighted by Crippen LogP contribution is -2.35. The van der Waals surface area contributed by atoms with Gasteiger partial charge in [0.1, 0.15) is 0 Å². The topological polar surface area (TPSA) is 40.5 Å². The fourth-order valence-electron chi connectivity index (χ4n) is 1.76. The highest BCUT2D eigenvalue weighted by atomic mass is 16.3. The minimum atomic E-state index is -0.256. The number of hydrogen-bond donors (Lipinski definition) is 2. The maximum Gasteiger partial charge on any atom is 0.0593 e. The van der Waals surface area contributed by atoms with E-state index >= 15 is 0 Å². The molecule has 0 bridgehead atoms. The summed E-state index contributed by atoms with van der Waals surface area (Å²) in [5.41, 5.74) is 0. The molecule has 1 aliphatic rings. The molecule has 1 aliphatic carbocycles. The van der Waals surface area contributed by atoms with E-state index in [1.807, 2.05) is 6.92 Å². The number of aliphatic hydroxyl groups excluding tert-OH is 2. The molecule has 1 rings (SSSR count). The Morgan fingerprint density at radius 2 is 1.70 bits per heavy atom. The second kappa shape index (κ2) is 3.35. The number of aliphatic hydroxyl groups is 2. The van der Waals surface area contributed by atoms with Gasteiger partial charge in [0, 0.05) is 5.92 Å². The molecule has 3 atom stereocenters. The molecule has 0 saturated heterocycles. The van der Waals surface area contributed by atoms with Crippen molar-refractivity contribution in [2.24, 2.45) is 5.92 Å². The molecule has 0 radical (unpaired) electrons. The predicted molar refractivity (Wildman–Crippen MR) is 39.6 cm³/mol. The van der Waals surface area contributed by atoms with Gasteiger partial charge in [-0.05, 0) is 25.7 Å². The van der Waals surface area contributed by atoms with E-state index in [0.29, 0.717) is 0 Å². The number of hydrogen-bond acceptors (Lipinski definition) is 2. The molecule has 1 saturated carbocycles. The van der Waals surface area contributed by atoms with Gasteiger partial charge in [0.25, 0.3) is 0 Å². The molecule has 0 aromatic carbocycles. The average Bonchev–Trinajstić information content (AvgIpc) is 1.88. The second-order valence-electron chi connectivity index (χ2n) is 3.14. The molecule has 2 heteroatoms. The SMILES string of the molecule is CCC1[C@H](O)CCC[C@@H]1O. The molecule has 0 aromatic rings. The molecular weight excluding hydrogens is 128 g/mol. The summed E-state index contributed by atoms with van der Waals surface area (Å²) >= 11 is 0. The van der Waals surface area contributed by atoms with Gasteiger partial charge in [-0.2, -0.15) is 0 Å². The molecule has 0 aromatic heterocycles. The first-order chi connectivity index (χ1) is 4.75. The zero-order valence-corrected chi connectivity index (χ0v) is 6.45. The molecule has 0 aliphatic heterocycles. The Morgan fingerprint density at radius 1 is 1.20 bits per heavy atom. The third kappa shape index (κ3) is 1.50. The highest BCUT2D eigenvalue weighted by Gasteiger charge is 2.28. The summed E-state index contributed by atoms with van der Waals surface area (Å²) < 4.78 is 0. The third-order valence-corrected chi connectivity index (χ3v) is 2.46. The summed E-state index contributed by atoms with van der Waals surface area (Å²) in [6, 6.07) is 0. The summed E-state index contributed by atoms with van der Waals surface area (Å²) in [7, 11) is 0. The van der Waals surface area contributed by atoms with Crippen LogP contribution in [0.3, 0.4) is 0 Å². The molecule has 10 heavy (non-hydrogen) atoms. The Bertz CT molecular complexity index is 93.4. The third-order valence-electron chi connectivity index (χ3n) is 2.46. The van der Waals surface area contributed by atoms with Gasteiger partial charge in [-0.3, -0.25) is 0 Å². The fraction of sp³-hybridized carbons (Fsp3) is 1.00. The van der Waals surface area contributed by atoms with Crippen molar-refractivity contribution >= 4 is 0 Å². The van der Waals surface area contributed by atoms with Gasteiger partial charge < -0.3 is 10.2 Å². The van der Waals surface area contributed by atoms with Gasteiger partial charge >= 0.3 is 0 Å². The Balaban J connectivity index is 2.45. The first-order valence-corrected chi connectivity index (χ1v) is 4.11. The molecular formula is C8H16O2.